The third-order valence-corrected chi connectivity index (χ3v) is 36.4. The number of halogens is 4. The van der Waals surface area contributed by atoms with Gasteiger partial charge < -0.3 is 10.0 Å². The summed E-state index contributed by atoms with van der Waals surface area (Å²) < 4.78 is 10.4. The van der Waals surface area contributed by atoms with Gasteiger partial charge in [0.05, 0.1) is 10.8 Å². The molecular formula is C136H100BClFI2N6O2-. The van der Waals surface area contributed by atoms with Gasteiger partial charge in [-0.05, 0) is 339 Å². The Kier molecular flexibility index (Phi) is 22.0. The third-order valence-electron chi connectivity index (χ3n) is 36.2. The van der Waals surface area contributed by atoms with Gasteiger partial charge >= 0.3 is 46.4 Å². The molecule has 2 heterocycles. The molecule has 0 unspecified atom stereocenters. The van der Waals surface area contributed by atoms with Gasteiger partial charge in [-0.15, -0.1) is 0 Å². The summed E-state index contributed by atoms with van der Waals surface area (Å²) in [4.78, 5) is 30.6. The largest absolute Gasteiger partial charge is 0.488 e. The number of hydrogen-bond acceptors (Lipinski definition) is 8. The number of aromatic nitrogens is 6. The van der Waals surface area contributed by atoms with Gasteiger partial charge in [0.1, 0.15) is 0 Å². The van der Waals surface area contributed by atoms with Gasteiger partial charge in [0.15, 0.2) is 34.9 Å². The summed E-state index contributed by atoms with van der Waals surface area (Å²) in [6, 6.07) is 154. The molecule has 4 spiro atoms. The van der Waals surface area contributed by atoms with E-state index in [2.05, 4.69) is 334 Å². The van der Waals surface area contributed by atoms with Crippen molar-refractivity contribution in [1.82, 2.24) is 29.9 Å². The average Bonchev–Trinajstić information content (AvgIpc) is 1.54. The molecular weight excluding hydrogens is 2070 g/mol. The molecule has 0 radical (unpaired) electrons. The number of benzene rings is 18. The van der Waals surface area contributed by atoms with E-state index in [1.165, 1.54) is 203 Å². The standard InChI is InChI=1S/C68H49N3.C46H28ClN3.C22H23BO2.FI2/c1-3-15-43(16-4-1)64-69-65(44-17-5-2-6-18-44)71-66(70-64)49-37-47(45-28-30-62-57(39-45)55-22-10-14-26-61(55)68(62)59-24-12-8-19-52(59)53-20-9-13-25-60(53)68)36-48(38-49)46-27-29-56-54-21-7-11-23-58(54)67(63(56)40-46)50-32-41-31-42(34-50)35-51(67)33-41;47-34-26-32(25-33(27-34)45-49-43(29-13-3-1-4-14-29)48-44(50-45)30-15-5-2-6-16-30)31-23-24-42-38(28-31)37-19-9-12-22-41(37)46(42)39-20-10-7-17-35(39)36-18-8-11-21-40(36)46;24-23(25)17-5-6-19-18-3-1-2-4-20(18)22(21(19)12-17)15-8-13-7-14(10-15)11-16(22)9-13;1-3-2/h1-30,36-42,50-51H,31-35H2;1-28H;1-6,12-16,24-25H,7-11H2;/q;;;-1. The predicted octanol–water partition coefficient (Wildman–Crippen LogP) is 29.2. The quantitative estimate of drug-likeness (QED) is 0.103. The number of rotatable bonds is 10. The molecule has 20 aromatic rings. The number of fused-ring (bicyclic) bond motifs is 26. The minimum absolute atomic E-state index is 0.0694. The van der Waals surface area contributed by atoms with E-state index in [9.17, 15) is 12.9 Å². The molecule has 0 atom stereocenters. The maximum absolute atomic E-state index is 10.4. The normalized spacial score (nSPS) is 21.0. The molecule has 718 valence electrons. The Labute approximate surface area is 893 Å². The molecule has 149 heavy (non-hydrogen) atoms. The Bertz CT molecular complexity index is 8580. The van der Waals surface area contributed by atoms with Gasteiger partial charge in [0.2, 0.25) is 0 Å². The Balaban J connectivity index is 0.000000115. The van der Waals surface area contributed by atoms with Crippen LogP contribution in [0.5, 0.6) is 0 Å². The second-order valence-electron chi connectivity index (χ2n) is 43.3. The van der Waals surface area contributed by atoms with E-state index in [0.717, 1.165) is 85.6 Å². The van der Waals surface area contributed by atoms with Crippen LogP contribution in [0.15, 0.2) is 425 Å². The van der Waals surface area contributed by atoms with E-state index in [4.69, 9.17) is 41.5 Å². The van der Waals surface area contributed by atoms with Crippen molar-refractivity contribution in [1.29, 1.82) is 0 Å². The number of hydrogen-bond donors (Lipinski definition) is 2. The van der Waals surface area contributed by atoms with Crippen molar-refractivity contribution in [3.8, 4) is 168 Å². The van der Waals surface area contributed by atoms with Crippen LogP contribution in [0, 0.1) is 47.3 Å². The van der Waals surface area contributed by atoms with Gasteiger partial charge in [-0.2, -0.15) is 0 Å². The zero-order valence-electron chi connectivity index (χ0n) is 81.8. The van der Waals surface area contributed by atoms with E-state index in [1.54, 1.807) is 29.7 Å². The Hall–Kier alpha value is -14.4. The summed E-state index contributed by atoms with van der Waals surface area (Å²) in [7, 11) is -1.39. The molecule has 8 fully saturated rings. The summed E-state index contributed by atoms with van der Waals surface area (Å²) >= 11 is 7.69. The van der Waals surface area contributed by atoms with Crippen LogP contribution >= 0.6 is 30.2 Å². The van der Waals surface area contributed by atoms with E-state index < -0.39 is 30.3 Å². The molecule has 14 aliphatic rings. The topological polar surface area (TPSA) is 118 Å². The second-order valence-corrected chi connectivity index (χ2v) is 46.1. The minimum atomic E-state index is -1.39. The Morgan fingerprint density at radius 3 is 0.779 bits per heavy atom. The van der Waals surface area contributed by atoms with Crippen LogP contribution in [0.2, 0.25) is 5.02 Å². The van der Waals surface area contributed by atoms with Crippen LogP contribution in [0.3, 0.4) is 0 Å². The van der Waals surface area contributed by atoms with Crippen LogP contribution in [0.25, 0.3) is 168 Å². The Morgan fingerprint density at radius 1 is 0.221 bits per heavy atom. The van der Waals surface area contributed by atoms with Gasteiger partial charge in [-0.25, -0.2) is 29.9 Å². The summed E-state index contributed by atoms with van der Waals surface area (Å²) in [6.45, 7) is 0. The molecule has 18 aromatic carbocycles. The molecule has 34 rings (SSSR count). The van der Waals surface area contributed by atoms with Crippen molar-refractivity contribution in [3.05, 3.63) is 496 Å². The Morgan fingerprint density at radius 2 is 0.450 bits per heavy atom. The van der Waals surface area contributed by atoms with E-state index in [0.29, 0.717) is 57.3 Å². The number of nitrogens with zero attached hydrogens (tertiary/aromatic N) is 6. The van der Waals surface area contributed by atoms with Crippen LogP contribution in [0.4, 0.5) is 2.86 Å². The van der Waals surface area contributed by atoms with E-state index in [1.807, 2.05) is 91.0 Å². The van der Waals surface area contributed by atoms with Crippen LogP contribution < -0.4 is 23.3 Å². The molecule has 2 aromatic heterocycles. The van der Waals surface area contributed by atoms with Crippen molar-refractivity contribution in [2.45, 2.75) is 85.9 Å². The van der Waals surface area contributed by atoms with Gasteiger partial charge in [-0.3, -0.25) is 0 Å². The molecule has 14 aliphatic carbocycles. The monoisotopic (exact) mass is 2170 g/mol. The fourth-order valence-electron chi connectivity index (χ4n) is 31.1. The first-order chi connectivity index (χ1) is 73.4. The van der Waals surface area contributed by atoms with Crippen molar-refractivity contribution < 1.29 is 30.7 Å². The van der Waals surface area contributed by atoms with E-state index >= 15 is 0 Å². The smallest absolute Gasteiger partial charge is 0.423 e. The van der Waals surface area contributed by atoms with Crippen LogP contribution in [-0.4, -0.2) is 47.1 Å². The average molecular weight is 2170 g/mol. The summed E-state index contributed by atoms with van der Waals surface area (Å²) in [6.07, 6.45) is 13.7. The molecule has 0 aliphatic heterocycles. The molecule has 2 N–H and O–H groups in total. The maximum Gasteiger partial charge on any atom is 0.488 e. The van der Waals surface area contributed by atoms with Crippen molar-refractivity contribution in [2.75, 3.05) is 0 Å². The van der Waals surface area contributed by atoms with Crippen LogP contribution in [0.1, 0.15) is 131 Å². The van der Waals surface area contributed by atoms with Gasteiger partial charge in [0, 0.05) is 49.2 Å². The molecule has 8 nitrogen and oxygen atoms in total. The first-order valence-corrected chi connectivity index (χ1v) is 60.2. The maximum atomic E-state index is 10.4. The molecule has 0 saturated heterocycles. The van der Waals surface area contributed by atoms with Gasteiger partial charge in [0.25, 0.3) is 0 Å². The summed E-state index contributed by atoms with van der Waals surface area (Å²) in [5, 5.41) is 20.2. The minimum Gasteiger partial charge on any atom is -0.423 e. The zero-order valence-corrected chi connectivity index (χ0v) is 86.8. The van der Waals surface area contributed by atoms with Gasteiger partial charge in [-0.1, -0.05) is 382 Å². The zero-order chi connectivity index (χ0) is 99.1. The molecule has 8 saturated carbocycles. The van der Waals surface area contributed by atoms with Crippen molar-refractivity contribution in [2.24, 2.45) is 47.3 Å². The molecule has 13 heteroatoms. The van der Waals surface area contributed by atoms with Crippen LogP contribution in [-0.2, 0) is 21.7 Å². The first kappa shape index (κ1) is 90.9. The van der Waals surface area contributed by atoms with E-state index in [-0.39, 0.29) is 16.2 Å². The fraction of sp³-hybridized carbons (Fsp3) is 0.162. The summed E-state index contributed by atoms with van der Waals surface area (Å²) in [5.74, 6) is 10.2. The van der Waals surface area contributed by atoms with Crippen molar-refractivity contribution >= 4 is 42.8 Å². The fourth-order valence-corrected chi connectivity index (χ4v) is 31.3. The van der Waals surface area contributed by atoms with Crippen molar-refractivity contribution in [3.63, 3.8) is 0 Å². The first-order valence-electron chi connectivity index (χ1n) is 52.7. The second kappa shape index (κ2) is 36.0. The SMILES string of the molecule is Clc1cc(-c2ccc3c(c2)-c2ccccc2C32c3ccccc3-c3ccccc32)cc(-c2nc(-c3ccccc3)nc(-c3ccccc3)n2)c1.F[I-]I.OB(O)c1ccc2c(c1)C1(c3ccccc3-2)C2CC3CC(C2)CC1C3.c1ccc(-c2nc(-c3ccccc3)nc(-c3cc(-c4ccc5c(c4)-c4ccccc4C54c5ccccc5-c5ccccc54)cc(-c4ccc5c(c4)C4(c6ccccc6-5)C5CC6CC(C5)CC4C6)c3)n2)cc1. The molecule has 0 amide bonds. The predicted molar refractivity (Wildman–Crippen MR) is 604 cm³/mol. The molecule has 8 bridgehead atoms. The third kappa shape index (κ3) is 14.1. The summed E-state index contributed by atoms with van der Waals surface area (Å²) in [5.41, 5.74) is 45.1.